The van der Waals surface area contributed by atoms with Crippen molar-refractivity contribution in [1.82, 2.24) is 4.98 Å². The maximum absolute atomic E-state index is 11.7. The van der Waals surface area contributed by atoms with Crippen LogP contribution in [-0.2, 0) is 0 Å². The molecule has 3 nitrogen and oxygen atoms in total. The lowest BCUT2D eigenvalue weighted by Crippen LogP contribution is -2.05. The number of fused-ring (bicyclic) bond motifs is 1. The Balaban J connectivity index is 2.37. The highest BCUT2D eigenvalue weighted by Gasteiger charge is 2.18. The highest BCUT2D eigenvalue weighted by molar-refractivity contribution is 9.10. The summed E-state index contributed by atoms with van der Waals surface area (Å²) in [5.41, 5.74) is 4.47. The van der Waals surface area contributed by atoms with Gasteiger partial charge in [-0.1, -0.05) is 45.8 Å². The zero-order chi connectivity index (χ0) is 15.9. The van der Waals surface area contributed by atoms with E-state index >= 15 is 0 Å². The number of nitrogens with zero attached hydrogens (tertiary/aromatic N) is 1. The standard InChI is InChI=1S/C18H14BrNO2/c1-10-3-5-12(6-4-10)17-11(2)16(18(21)22)14-9-13(19)7-8-15(14)20-17/h3-9H,1-2H3,(H,21,22). The van der Waals surface area contributed by atoms with E-state index in [0.29, 0.717) is 27.7 Å². The van der Waals surface area contributed by atoms with Gasteiger partial charge in [-0.15, -0.1) is 0 Å². The Morgan fingerprint density at radius 2 is 1.77 bits per heavy atom. The van der Waals surface area contributed by atoms with Crippen LogP contribution in [0.1, 0.15) is 21.5 Å². The summed E-state index contributed by atoms with van der Waals surface area (Å²) in [6, 6.07) is 13.5. The second-order valence-electron chi connectivity index (χ2n) is 5.29. The summed E-state index contributed by atoms with van der Waals surface area (Å²) in [5, 5.41) is 10.3. The van der Waals surface area contributed by atoms with Gasteiger partial charge in [0.15, 0.2) is 0 Å². The van der Waals surface area contributed by atoms with E-state index in [-0.39, 0.29) is 0 Å². The average molecular weight is 356 g/mol. The number of rotatable bonds is 2. The minimum absolute atomic E-state index is 0.307. The summed E-state index contributed by atoms with van der Waals surface area (Å²) in [6.45, 7) is 3.83. The third kappa shape index (κ3) is 2.50. The molecule has 0 amide bonds. The molecule has 0 unspecified atom stereocenters. The molecule has 0 fully saturated rings. The van der Waals surface area contributed by atoms with Crippen molar-refractivity contribution >= 4 is 32.8 Å². The van der Waals surface area contributed by atoms with Crippen LogP contribution < -0.4 is 0 Å². The molecule has 0 saturated heterocycles. The number of aromatic nitrogens is 1. The number of pyridine rings is 1. The first-order valence-electron chi connectivity index (χ1n) is 6.87. The lowest BCUT2D eigenvalue weighted by molar-refractivity contribution is 0.0698. The number of hydrogen-bond acceptors (Lipinski definition) is 2. The predicted molar refractivity (Wildman–Crippen MR) is 91.3 cm³/mol. The van der Waals surface area contributed by atoms with Gasteiger partial charge in [0.25, 0.3) is 0 Å². The molecule has 3 rings (SSSR count). The van der Waals surface area contributed by atoms with Gasteiger partial charge in [-0.05, 0) is 37.6 Å². The SMILES string of the molecule is Cc1ccc(-c2nc3ccc(Br)cc3c(C(=O)O)c2C)cc1. The van der Waals surface area contributed by atoms with Crippen molar-refractivity contribution in [3.8, 4) is 11.3 Å². The van der Waals surface area contributed by atoms with Gasteiger partial charge in [-0.25, -0.2) is 9.78 Å². The van der Waals surface area contributed by atoms with Crippen molar-refractivity contribution in [3.63, 3.8) is 0 Å². The molecule has 0 radical (unpaired) electrons. The van der Waals surface area contributed by atoms with Crippen LogP contribution in [0.25, 0.3) is 22.2 Å². The highest BCUT2D eigenvalue weighted by atomic mass is 79.9. The number of benzene rings is 2. The quantitative estimate of drug-likeness (QED) is 0.705. The summed E-state index contributed by atoms with van der Waals surface area (Å²) in [5.74, 6) is -0.934. The average Bonchev–Trinajstić information content (AvgIpc) is 2.47. The molecule has 22 heavy (non-hydrogen) atoms. The van der Waals surface area contributed by atoms with Gasteiger partial charge in [-0.3, -0.25) is 0 Å². The third-order valence-corrected chi connectivity index (χ3v) is 4.22. The molecule has 1 heterocycles. The summed E-state index contributed by atoms with van der Waals surface area (Å²) < 4.78 is 0.840. The van der Waals surface area contributed by atoms with Crippen molar-refractivity contribution in [1.29, 1.82) is 0 Å². The number of halogens is 1. The van der Waals surface area contributed by atoms with Crippen LogP contribution >= 0.6 is 15.9 Å². The molecule has 0 atom stereocenters. The number of carbonyl (C=O) groups is 1. The van der Waals surface area contributed by atoms with Gasteiger partial charge < -0.3 is 5.11 Å². The van der Waals surface area contributed by atoms with E-state index in [9.17, 15) is 9.90 Å². The third-order valence-electron chi connectivity index (χ3n) is 3.73. The molecule has 2 aromatic carbocycles. The van der Waals surface area contributed by atoms with Crippen molar-refractivity contribution in [2.75, 3.05) is 0 Å². The zero-order valence-electron chi connectivity index (χ0n) is 12.2. The normalized spacial score (nSPS) is 10.9. The number of aryl methyl sites for hydroxylation is 1. The van der Waals surface area contributed by atoms with E-state index in [1.807, 2.05) is 50.2 Å². The van der Waals surface area contributed by atoms with Gasteiger partial charge in [-0.2, -0.15) is 0 Å². The topological polar surface area (TPSA) is 50.2 Å². The fraction of sp³-hybridized carbons (Fsp3) is 0.111. The smallest absolute Gasteiger partial charge is 0.336 e. The zero-order valence-corrected chi connectivity index (χ0v) is 13.8. The molecule has 110 valence electrons. The van der Waals surface area contributed by atoms with E-state index < -0.39 is 5.97 Å². The molecular formula is C18H14BrNO2. The van der Waals surface area contributed by atoms with Crippen molar-refractivity contribution in [3.05, 3.63) is 63.6 Å². The molecule has 1 N–H and O–H groups in total. The molecule has 0 spiro atoms. The van der Waals surface area contributed by atoms with Crippen LogP contribution in [0.15, 0.2) is 46.9 Å². The number of aromatic carboxylic acids is 1. The molecule has 4 heteroatoms. The first-order chi connectivity index (χ1) is 10.5. The minimum Gasteiger partial charge on any atom is -0.478 e. The van der Waals surface area contributed by atoms with Crippen LogP contribution in [0, 0.1) is 13.8 Å². The van der Waals surface area contributed by atoms with Gasteiger partial charge in [0.05, 0.1) is 16.8 Å². The number of hydrogen-bond donors (Lipinski definition) is 1. The molecule has 0 aliphatic carbocycles. The summed E-state index contributed by atoms with van der Waals surface area (Å²) in [7, 11) is 0. The molecule has 0 aliphatic rings. The fourth-order valence-corrected chi connectivity index (χ4v) is 2.96. The lowest BCUT2D eigenvalue weighted by Gasteiger charge is -2.12. The Kier molecular flexibility index (Phi) is 3.71. The lowest BCUT2D eigenvalue weighted by atomic mass is 9.97. The summed E-state index contributed by atoms with van der Waals surface area (Å²) >= 11 is 3.39. The maximum atomic E-state index is 11.7. The second kappa shape index (κ2) is 5.54. The van der Waals surface area contributed by atoms with Gasteiger partial charge in [0.1, 0.15) is 0 Å². The first kappa shape index (κ1) is 14.7. The Bertz CT molecular complexity index is 886. The predicted octanol–water partition coefficient (Wildman–Crippen LogP) is 4.98. The van der Waals surface area contributed by atoms with E-state index in [1.54, 1.807) is 6.07 Å². The number of carboxylic acid groups (broad SMARTS) is 1. The Hall–Kier alpha value is -2.20. The molecule has 0 bridgehead atoms. The van der Waals surface area contributed by atoms with Crippen LogP contribution in [0.5, 0.6) is 0 Å². The van der Waals surface area contributed by atoms with E-state index in [0.717, 1.165) is 15.6 Å². The Morgan fingerprint density at radius 1 is 1.09 bits per heavy atom. The van der Waals surface area contributed by atoms with E-state index in [2.05, 4.69) is 20.9 Å². The summed E-state index contributed by atoms with van der Waals surface area (Å²) in [6.07, 6.45) is 0. The molecule has 0 aliphatic heterocycles. The van der Waals surface area contributed by atoms with Crippen molar-refractivity contribution < 1.29 is 9.90 Å². The Labute approximate surface area is 136 Å². The fourth-order valence-electron chi connectivity index (χ4n) is 2.60. The largest absolute Gasteiger partial charge is 0.478 e. The summed E-state index contributed by atoms with van der Waals surface area (Å²) in [4.78, 5) is 16.4. The van der Waals surface area contributed by atoms with Crippen LogP contribution in [0.2, 0.25) is 0 Å². The van der Waals surface area contributed by atoms with Crippen molar-refractivity contribution in [2.45, 2.75) is 13.8 Å². The van der Waals surface area contributed by atoms with E-state index in [4.69, 9.17) is 0 Å². The van der Waals surface area contributed by atoms with Gasteiger partial charge in [0.2, 0.25) is 0 Å². The van der Waals surface area contributed by atoms with Gasteiger partial charge in [0, 0.05) is 15.4 Å². The monoisotopic (exact) mass is 355 g/mol. The van der Waals surface area contributed by atoms with Crippen LogP contribution in [-0.4, -0.2) is 16.1 Å². The van der Waals surface area contributed by atoms with E-state index in [1.165, 1.54) is 0 Å². The Morgan fingerprint density at radius 3 is 2.41 bits per heavy atom. The van der Waals surface area contributed by atoms with Crippen LogP contribution in [0.3, 0.4) is 0 Å². The molecule has 3 aromatic rings. The molecule has 0 saturated carbocycles. The molecular weight excluding hydrogens is 342 g/mol. The van der Waals surface area contributed by atoms with Gasteiger partial charge >= 0.3 is 5.97 Å². The van der Waals surface area contributed by atoms with Crippen molar-refractivity contribution in [2.24, 2.45) is 0 Å². The number of carboxylic acids is 1. The first-order valence-corrected chi connectivity index (χ1v) is 7.67. The molecule has 1 aromatic heterocycles. The minimum atomic E-state index is -0.934. The van der Waals surface area contributed by atoms with Crippen LogP contribution in [0.4, 0.5) is 0 Å². The second-order valence-corrected chi connectivity index (χ2v) is 6.21. The maximum Gasteiger partial charge on any atom is 0.336 e. The highest BCUT2D eigenvalue weighted by Crippen LogP contribution is 2.31.